The standard InChI is InChI=1S/C15H32N2/c1-12(2)10-17(5)15(11-16)8-6-14(7-9-15)13(3)4/h12-14H,6-11,16H2,1-5H3. The zero-order valence-electron chi connectivity index (χ0n) is 12.5. The lowest BCUT2D eigenvalue weighted by atomic mass is 9.72. The minimum atomic E-state index is 0.287. The predicted molar refractivity (Wildman–Crippen MR) is 76.0 cm³/mol. The molecule has 1 fully saturated rings. The Bertz CT molecular complexity index is 215. The molecule has 1 saturated carbocycles. The third kappa shape index (κ3) is 3.69. The molecule has 0 bridgehead atoms. The smallest absolute Gasteiger partial charge is 0.0329 e. The van der Waals surface area contributed by atoms with E-state index in [1.54, 1.807) is 0 Å². The first-order valence-corrected chi connectivity index (χ1v) is 7.32. The van der Waals surface area contributed by atoms with Gasteiger partial charge in [0, 0.05) is 18.6 Å². The van der Waals surface area contributed by atoms with Gasteiger partial charge in [-0.1, -0.05) is 27.7 Å². The highest BCUT2D eigenvalue weighted by Gasteiger charge is 2.38. The van der Waals surface area contributed by atoms with Crippen LogP contribution in [0.25, 0.3) is 0 Å². The van der Waals surface area contributed by atoms with Crippen LogP contribution < -0.4 is 5.73 Å². The first-order chi connectivity index (χ1) is 7.91. The Morgan fingerprint density at radius 1 is 1.18 bits per heavy atom. The molecule has 0 aromatic carbocycles. The molecule has 102 valence electrons. The molecule has 17 heavy (non-hydrogen) atoms. The van der Waals surface area contributed by atoms with Crippen molar-refractivity contribution in [2.24, 2.45) is 23.5 Å². The molecule has 0 aliphatic heterocycles. The van der Waals surface area contributed by atoms with Crippen molar-refractivity contribution in [3.05, 3.63) is 0 Å². The van der Waals surface area contributed by atoms with E-state index in [2.05, 4.69) is 39.6 Å². The highest BCUT2D eigenvalue weighted by Crippen LogP contribution is 2.38. The van der Waals surface area contributed by atoms with E-state index < -0.39 is 0 Å². The fraction of sp³-hybridized carbons (Fsp3) is 1.00. The molecule has 2 N–H and O–H groups in total. The summed E-state index contributed by atoms with van der Waals surface area (Å²) in [7, 11) is 2.27. The molecule has 1 aliphatic rings. The minimum Gasteiger partial charge on any atom is -0.329 e. The zero-order valence-corrected chi connectivity index (χ0v) is 12.5. The van der Waals surface area contributed by atoms with Crippen LogP contribution in [0.1, 0.15) is 53.4 Å². The van der Waals surface area contributed by atoms with Gasteiger partial charge in [-0.25, -0.2) is 0 Å². The summed E-state index contributed by atoms with van der Waals surface area (Å²) in [5.74, 6) is 2.48. The fourth-order valence-corrected chi connectivity index (χ4v) is 3.33. The van der Waals surface area contributed by atoms with Gasteiger partial charge in [-0.2, -0.15) is 0 Å². The summed E-state index contributed by atoms with van der Waals surface area (Å²) in [5, 5.41) is 0. The van der Waals surface area contributed by atoms with E-state index in [1.807, 2.05) is 0 Å². The van der Waals surface area contributed by atoms with Crippen molar-refractivity contribution in [3.8, 4) is 0 Å². The average Bonchev–Trinajstić information content (AvgIpc) is 2.28. The van der Waals surface area contributed by atoms with Crippen LogP contribution in [0.15, 0.2) is 0 Å². The molecule has 1 rings (SSSR count). The molecule has 0 amide bonds. The van der Waals surface area contributed by atoms with Crippen LogP contribution in [0.2, 0.25) is 0 Å². The van der Waals surface area contributed by atoms with Crippen LogP contribution in [0.5, 0.6) is 0 Å². The molecule has 0 saturated heterocycles. The quantitative estimate of drug-likeness (QED) is 0.800. The monoisotopic (exact) mass is 240 g/mol. The molecule has 2 heteroatoms. The Morgan fingerprint density at radius 3 is 2.06 bits per heavy atom. The van der Waals surface area contributed by atoms with E-state index >= 15 is 0 Å². The Labute approximate surface area is 108 Å². The minimum absolute atomic E-state index is 0.287. The van der Waals surface area contributed by atoms with Gasteiger partial charge in [0.25, 0.3) is 0 Å². The first-order valence-electron chi connectivity index (χ1n) is 7.32. The van der Waals surface area contributed by atoms with Gasteiger partial charge in [0.2, 0.25) is 0 Å². The van der Waals surface area contributed by atoms with E-state index in [4.69, 9.17) is 5.73 Å². The summed E-state index contributed by atoms with van der Waals surface area (Å²) < 4.78 is 0. The maximum atomic E-state index is 6.09. The van der Waals surface area contributed by atoms with Crippen molar-refractivity contribution < 1.29 is 0 Å². The molecule has 0 radical (unpaired) electrons. The SMILES string of the molecule is CC(C)CN(C)C1(CN)CCC(C(C)C)CC1. The van der Waals surface area contributed by atoms with Crippen molar-refractivity contribution in [2.45, 2.75) is 58.9 Å². The summed E-state index contributed by atoms with van der Waals surface area (Å²) in [6.07, 6.45) is 5.29. The molecule has 0 aromatic heterocycles. The second-order valence-electron chi connectivity index (χ2n) is 6.78. The molecular formula is C15H32N2. The lowest BCUT2D eigenvalue weighted by molar-refractivity contribution is 0.0473. The van der Waals surface area contributed by atoms with Gasteiger partial charge in [0.15, 0.2) is 0 Å². The van der Waals surface area contributed by atoms with Crippen molar-refractivity contribution in [1.29, 1.82) is 0 Å². The van der Waals surface area contributed by atoms with E-state index in [-0.39, 0.29) is 5.54 Å². The van der Waals surface area contributed by atoms with Gasteiger partial charge in [-0.05, 0) is 50.5 Å². The second-order valence-corrected chi connectivity index (χ2v) is 6.78. The van der Waals surface area contributed by atoms with Crippen molar-refractivity contribution in [3.63, 3.8) is 0 Å². The van der Waals surface area contributed by atoms with Gasteiger partial charge in [-0.15, -0.1) is 0 Å². The third-order valence-corrected chi connectivity index (χ3v) is 4.73. The second kappa shape index (κ2) is 6.19. The zero-order chi connectivity index (χ0) is 13.1. The first kappa shape index (κ1) is 15.0. The van der Waals surface area contributed by atoms with Gasteiger partial charge in [0.1, 0.15) is 0 Å². The number of nitrogens with zero attached hydrogens (tertiary/aromatic N) is 1. The van der Waals surface area contributed by atoms with Crippen LogP contribution >= 0.6 is 0 Å². The normalized spacial score (nSPS) is 30.5. The summed E-state index contributed by atoms with van der Waals surface area (Å²) in [4.78, 5) is 2.54. The fourth-order valence-electron chi connectivity index (χ4n) is 3.33. The Balaban J connectivity index is 2.60. The Morgan fingerprint density at radius 2 is 1.71 bits per heavy atom. The van der Waals surface area contributed by atoms with Crippen LogP contribution in [0, 0.1) is 17.8 Å². The number of hydrogen-bond donors (Lipinski definition) is 1. The van der Waals surface area contributed by atoms with Gasteiger partial charge in [-0.3, -0.25) is 4.90 Å². The van der Waals surface area contributed by atoms with Crippen LogP contribution in [0.3, 0.4) is 0 Å². The molecule has 0 heterocycles. The van der Waals surface area contributed by atoms with Crippen LogP contribution in [0.4, 0.5) is 0 Å². The molecule has 0 unspecified atom stereocenters. The topological polar surface area (TPSA) is 29.3 Å². The Kier molecular flexibility index (Phi) is 5.46. The summed E-state index contributed by atoms with van der Waals surface area (Å²) in [6.45, 7) is 11.3. The van der Waals surface area contributed by atoms with Gasteiger partial charge < -0.3 is 5.73 Å². The highest BCUT2D eigenvalue weighted by molar-refractivity contribution is 4.95. The van der Waals surface area contributed by atoms with Gasteiger partial charge >= 0.3 is 0 Å². The maximum absolute atomic E-state index is 6.09. The number of hydrogen-bond acceptors (Lipinski definition) is 2. The highest BCUT2D eigenvalue weighted by atomic mass is 15.2. The van der Waals surface area contributed by atoms with Gasteiger partial charge in [0.05, 0.1) is 0 Å². The summed E-state index contributed by atoms with van der Waals surface area (Å²) >= 11 is 0. The van der Waals surface area contributed by atoms with E-state index in [0.29, 0.717) is 0 Å². The lowest BCUT2D eigenvalue weighted by Crippen LogP contribution is -2.55. The summed E-state index contributed by atoms with van der Waals surface area (Å²) in [6, 6.07) is 0. The molecule has 0 aromatic rings. The third-order valence-electron chi connectivity index (χ3n) is 4.73. The number of likely N-dealkylation sites (N-methyl/N-ethyl adjacent to an activating group) is 1. The predicted octanol–water partition coefficient (Wildman–Crippen LogP) is 3.12. The van der Waals surface area contributed by atoms with E-state index in [9.17, 15) is 0 Å². The largest absolute Gasteiger partial charge is 0.329 e. The average molecular weight is 240 g/mol. The molecular weight excluding hydrogens is 208 g/mol. The maximum Gasteiger partial charge on any atom is 0.0329 e. The van der Waals surface area contributed by atoms with Crippen LogP contribution in [-0.4, -0.2) is 30.6 Å². The molecule has 0 atom stereocenters. The lowest BCUT2D eigenvalue weighted by Gasteiger charge is -2.47. The molecule has 2 nitrogen and oxygen atoms in total. The van der Waals surface area contributed by atoms with Crippen molar-refractivity contribution >= 4 is 0 Å². The number of nitrogens with two attached hydrogens (primary N) is 1. The van der Waals surface area contributed by atoms with E-state index in [1.165, 1.54) is 32.2 Å². The molecule has 0 spiro atoms. The number of rotatable bonds is 5. The Hall–Kier alpha value is -0.0800. The van der Waals surface area contributed by atoms with Crippen molar-refractivity contribution in [1.82, 2.24) is 4.90 Å². The van der Waals surface area contributed by atoms with E-state index in [0.717, 1.165) is 24.3 Å². The molecule has 1 aliphatic carbocycles. The van der Waals surface area contributed by atoms with Crippen molar-refractivity contribution in [2.75, 3.05) is 20.1 Å². The van der Waals surface area contributed by atoms with Crippen LogP contribution in [-0.2, 0) is 0 Å². The summed E-state index contributed by atoms with van der Waals surface area (Å²) in [5.41, 5.74) is 6.38.